The van der Waals surface area contributed by atoms with Crippen LogP contribution in [0.4, 0.5) is 0 Å². The molecule has 0 bridgehead atoms. The fraction of sp³-hybridized carbons (Fsp3) is 0.375. The second-order valence-electron chi connectivity index (χ2n) is 7.83. The predicted molar refractivity (Wildman–Crippen MR) is 114 cm³/mol. The number of nitrogens with zero attached hydrogens (tertiary/aromatic N) is 3. The summed E-state index contributed by atoms with van der Waals surface area (Å²) in [6, 6.07) is 19.7. The number of pyridine rings is 1. The molecule has 1 atom stereocenters. The van der Waals surface area contributed by atoms with Gasteiger partial charge in [0.2, 0.25) is 0 Å². The van der Waals surface area contributed by atoms with Crippen LogP contribution >= 0.6 is 0 Å². The Hall–Kier alpha value is -2.27. The molecule has 4 heteroatoms. The number of piperazine rings is 1. The number of hydrogen-bond acceptors (Lipinski definition) is 4. The van der Waals surface area contributed by atoms with Crippen LogP contribution in [0.2, 0.25) is 0 Å². The number of rotatable bonds is 6. The van der Waals surface area contributed by atoms with Crippen molar-refractivity contribution in [2.45, 2.75) is 32.5 Å². The van der Waals surface area contributed by atoms with E-state index in [0.29, 0.717) is 6.04 Å². The number of aryl methyl sites for hydroxylation is 1. The Morgan fingerprint density at radius 2 is 1.93 bits per heavy atom. The Morgan fingerprint density at radius 3 is 2.79 bits per heavy atom. The zero-order valence-electron chi connectivity index (χ0n) is 16.6. The van der Waals surface area contributed by atoms with Crippen molar-refractivity contribution in [3.05, 3.63) is 77.5 Å². The van der Waals surface area contributed by atoms with Gasteiger partial charge in [0.05, 0.1) is 5.52 Å². The summed E-state index contributed by atoms with van der Waals surface area (Å²) in [5.74, 6) is 0. The van der Waals surface area contributed by atoms with Gasteiger partial charge in [-0.3, -0.25) is 14.8 Å². The minimum Gasteiger partial charge on any atom is -0.396 e. The maximum absolute atomic E-state index is 9.60. The van der Waals surface area contributed by atoms with Crippen molar-refractivity contribution in [2.24, 2.45) is 0 Å². The molecule has 1 N–H and O–H groups in total. The van der Waals surface area contributed by atoms with Gasteiger partial charge >= 0.3 is 0 Å². The van der Waals surface area contributed by atoms with E-state index < -0.39 is 0 Å². The first-order chi connectivity index (χ1) is 13.7. The maximum atomic E-state index is 9.60. The average molecular weight is 376 g/mol. The van der Waals surface area contributed by atoms with Gasteiger partial charge in [-0.15, -0.1) is 0 Å². The van der Waals surface area contributed by atoms with E-state index in [0.717, 1.165) is 44.7 Å². The van der Waals surface area contributed by atoms with Crippen molar-refractivity contribution >= 4 is 10.9 Å². The molecule has 28 heavy (non-hydrogen) atoms. The highest BCUT2D eigenvalue weighted by Gasteiger charge is 2.27. The predicted octanol–water partition coefficient (Wildman–Crippen LogP) is 3.61. The van der Waals surface area contributed by atoms with Crippen LogP contribution in [0.25, 0.3) is 10.9 Å². The van der Waals surface area contributed by atoms with Gasteiger partial charge in [0.25, 0.3) is 0 Å². The van der Waals surface area contributed by atoms with Gasteiger partial charge in [-0.25, -0.2) is 0 Å². The Morgan fingerprint density at radius 1 is 1.04 bits per heavy atom. The fourth-order valence-electron chi connectivity index (χ4n) is 4.22. The fourth-order valence-corrected chi connectivity index (χ4v) is 4.22. The molecule has 4 rings (SSSR count). The van der Waals surface area contributed by atoms with E-state index in [-0.39, 0.29) is 6.61 Å². The van der Waals surface area contributed by atoms with Crippen LogP contribution in [-0.2, 0) is 13.1 Å². The summed E-state index contributed by atoms with van der Waals surface area (Å²) < 4.78 is 0. The van der Waals surface area contributed by atoms with Crippen molar-refractivity contribution in [3.63, 3.8) is 0 Å². The largest absolute Gasteiger partial charge is 0.396 e. The maximum Gasteiger partial charge on any atom is 0.0702 e. The molecule has 3 aromatic rings. The van der Waals surface area contributed by atoms with E-state index in [1.165, 1.54) is 22.1 Å². The zero-order valence-corrected chi connectivity index (χ0v) is 16.6. The van der Waals surface area contributed by atoms with E-state index in [1.54, 1.807) is 0 Å². The topological polar surface area (TPSA) is 39.6 Å². The van der Waals surface area contributed by atoms with Crippen LogP contribution in [0.1, 0.15) is 23.1 Å². The molecule has 4 nitrogen and oxygen atoms in total. The SMILES string of the molecule is Cc1ccccc1CN1CCN(Cc2ccc3ncccc3c2)C[C@@H]1CCO. The van der Waals surface area contributed by atoms with Crippen molar-refractivity contribution in [3.8, 4) is 0 Å². The van der Waals surface area contributed by atoms with Gasteiger partial charge in [-0.05, 0) is 48.2 Å². The van der Waals surface area contributed by atoms with Crippen molar-refractivity contribution in [1.29, 1.82) is 0 Å². The normalized spacial score (nSPS) is 18.6. The quantitative estimate of drug-likeness (QED) is 0.714. The lowest BCUT2D eigenvalue weighted by Crippen LogP contribution is -2.52. The Labute approximate surface area is 167 Å². The second kappa shape index (κ2) is 8.82. The van der Waals surface area contributed by atoms with Crippen LogP contribution in [0.3, 0.4) is 0 Å². The van der Waals surface area contributed by atoms with Crippen LogP contribution in [0.5, 0.6) is 0 Å². The minimum absolute atomic E-state index is 0.240. The lowest BCUT2D eigenvalue weighted by atomic mass is 10.0. The van der Waals surface area contributed by atoms with Crippen LogP contribution in [0, 0.1) is 6.92 Å². The third kappa shape index (κ3) is 4.41. The molecule has 146 valence electrons. The number of benzene rings is 2. The molecular formula is C24H29N3O. The first kappa shape index (κ1) is 19.1. The molecule has 0 amide bonds. The van der Waals surface area contributed by atoms with Crippen LogP contribution < -0.4 is 0 Å². The van der Waals surface area contributed by atoms with Crippen molar-refractivity contribution in [2.75, 3.05) is 26.2 Å². The van der Waals surface area contributed by atoms with E-state index >= 15 is 0 Å². The third-order valence-electron chi connectivity index (χ3n) is 5.86. The molecule has 2 aromatic carbocycles. The van der Waals surface area contributed by atoms with Gasteiger partial charge in [-0.1, -0.05) is 36.4 Å². The zero-order chi connectivity index (χ0) is 19.3. The molecule has 0 saturated carbocycles. The summed E-state index contributed by atoms with van der Waals surface area (Å²) >= 11 is 0. The number of aliphatic hydroxyl groups excluding tert-OH is 1. The highest BCUT2D eigenvalue weighted by Crippen LogP contribution is 2.21. The first-order valence-electron chi connectivity index (χ1n) is 10.2. The summed E-state index contributed by atoms with van der Waals surface area (Å²) in [4.78, 5) is 9.48. The van der Waals surface area contributed by atoms with E-state index in [2.05, 4.69) is 70.2 Å². The molecule has 0 aliphatic carbocycles. The molecule has 1 aromatic heterocycles. The molecule has 2 heterocycles. The smallest absolute Gasteiger partial charge is 0.0702 e. The van der Waals surface area contributed by atoms with E-state index in [9.17, 15) is 5.11 Å². The molecule has 1 aliphatic heterocycles. The summed E-state index contributed by atoms with van der Waals surface area (Å²) in [5, 5.41) is 10.8. The number of fused-ring (bicyclic) bond motifs is 1. The van der Waals surface area contributed by atoms with Gasteiger partial charge in [0.15, 0.2) is 0 Å². The number of aliphatic hydroxyl groups is 1. The summed E-state index contributed by atoms with van der Waals surface area (Å²) in [7, 11) is 0. The van der Waals surface area contributed by atoms with Crippen molar-refractivity contribution in [1.82, 2.24) is 14.8 Å². The Kier molecular flexibility index (Phi) is 6.01. The number of aromatic nitrogens is 1. The summed E-state index contributed by atoms with van der Waals surface area (Å²) in [5.41, 5.74) is 5.11. The van der Waals surface area contributed by atoms with Gasteiger partial charge < -0.3 is 5.11 Å². The summed E-state index contributed by atoms with van der Waals surface area (Å²) in [6.07, 6.45) is 2.67. The molecule has 1 saturated heterocycles. The van der Waals surface area contributed by atoms with E-state index in [4.69, 9.17) is 0 Å². The molecule has 0 unspecified atom stereocenters. The average Bonchev–Trinajstić information content (AvgIpc) is 2.71. The Bertz CT molecular complexity index is 926. The third-order valence-corrected chi connectivity index (χ3v) is 5.86. The molecule has 0 spiro atoms. The van der Waals surface area contributed by atoms with Crippen molar-refractivity contribution < 1.29 is 5.11 Å². The lowest BCUT2D eigenvalue weighted by molar-refractivity contribution is 0.0499. The lowest BCUT2D eigenvalue weighted by Gasteiger charge is -2.41. The molecule has 1 aliphatic rings. The van der Waals surface area contributed by atoms with Gasteiger partial charge in [-0.2, -0.15) is 0 Å². The van der Waals surface area contributed by atoms with Gasteiger partial charge in [0, 0.05) is 57.0 Å². The molecular weight excluding hydrogens is 346 g/mol. The van der Waals surface area contributed by atoms with Gasteiger partial charge in [0.1, 0.15) is 0 Å². The molecule has 1 fully saturated rings. The minimum atomic E-state index is 0.240. The second-order valence-corrected chi connectivity index (χ2v) is 7.83. The van der Waals surface area contributed by atoms with Crippen LogP contribution in [-0.4, -0.2) is 52.2 Å². The van der Waals surface area contributed by atoms with E-state index in [1.807, 2.05) is 12.3 Å². The number of hydrogen-bond donors (Lipinski definition) is 1. The monoisotopic (exact) mass is 375 g/mol. The summed E-state index contributed by atoms with van der Waals surface area (Å²) in [6.45, 7) is 7.42. The molecule has 0 radical (unpaired) electrons. The highest BCUT2D eigenvalue weighted by atomic mass is 16.3. The first-order valence-corrected chi connectivity index (χ1v) is 10.2. The standard InChI is InChI=1S/C24H29N3O/c1-19-5-2-3-6-22(19)17-27-13-12-26(18-23(27)10-14-28)16-20-8-9-24-21(15-20)7-4-11-25-24/h2-9,11,15,23,28H,10,12-14,16-18H2,1H3/t23-/m0/s1. The Balaban J connectivity index is 1.44. The highest BCUT2D eigenvalue weighted by molar-refractivity contribution is 5.78. The van der Waals surface area contributed by atoms with Crippen LogP contribution in [0.15, 0.2) is 60.8 Å².